The lowest BCUT2D eigenvalue weighted by atomic mass is 9.82. The molecule has 0 aromatic rings. The van der Waals surface area contributed by atoms with Crippen molar-refractivity contribution in [1.29, 1.82) is 0 Å². The standard InChI is InChI=1S/C13H29N/c1-8-12(10(2)3)14-9-11(4)13(5,6)7/h10-12,14H,8-9H2,1-7H3. The van der Waals surface area contributed by atoms with Crippen LogP contribution in [0.5, 0.6) is 0 Å². The molecule has 0 aromatic carbocycles. The third kappa shape index (κ3) is 4.99. The molecule has 0 radical (unpaired) electrons. The average Bonchev–Trinajstić information content (AvgIpc) is 2.02. The van der Waals surface area contributed by atoms with Crippen molar-refractivity contribution in [2.45, 2.75) is 60.9 Å². The van der Waals surface area contributed by atoms with Crippen LogP contribution >= 0.6 is 0 Å². The summed E-state index contributed by atoms with van der Waals surface area (Å²) >= 11 is 0. The van der Waals surface area contributed by atoms with Gasteiger partial charge in [-0.3, -0.25) is 0 Å². The van der Waals surface area contributed by atoms with Crippen molar-refractivity contribution in [2.75, 3.05) is 6.54 Å². The van der Waals surface area contributed by atoms with Gasteiger partial charge in [0.05, 0.1) is 0 Å². The summed E-state index contributed by atoms with van der Waals surface area (Å²) in [5.41, 5.74) is 0.419. The van der Waals surface area contributed by atoms with Crippen LogP contribution in [0.3, 0.4) is 0 Å². The fraction of sp³-hybridized carbons (Fsp3) is 1.00. The molecule has 0 aliphatic rings. The largest absolute Gasteiger partial charge is 0.313 e. The molecular formula is C13H29N. The molecule has 0 heterocycles. The summed E-state index contributed by atoms with van der Waals surface area (Å²) in [6, 6.07) is 0.680. The summed E-state index contributed by atoms with van der Waals surface area (Å²) in [6.07, 6.45) is 1.23. The molecule has 0 saturated carbocycles. The van der Waals surface area contributed by atoms with Crippen LogP contribution < -0.4 is 5.32 Å². The Hall–Kier alpha value is -0.0400. The highest BCUT2D eigenvalue weighted by Gasteiger charge is 2.21. The Morgan fingerprint density at radius 3 is 1.86 bits per heavy atom. The van der Waals surface area contributed by atoms with E-state index in [1.165, 1.54) is 6.42 Å². The lowest BCUT2D eigenvalue weighted by Gasteiger charge is -2.30. The van der Waals surface area contributed by atoms with Gasteiger partial charge in [-0.05, 0) is 30.2 Å². The van der Waals surface area contributed by atoms with Crippen molar-refractivity contribution >= 4 is 0 Å². The van der Waals surface area contributed by atoms with E-state index in [2.05, 4.69) is 53.8 Å². The number of hydrogen-bond donors (Lipinski definition) is 1. The highest BCUT2D eigenvalue weighted by molar-refractivity contribution is 4.75. The van der Waals surface area contributed by atoms with Gasteiger partial charge >= 0.3 is 0 Å². The Bertz CT molecular complexity index is 142. The highest BCUT2D eigenvalue weighted by atomic mass is 14.9. The maximum absolute atomic E-state index is 3.68. The monoisotopic (exact) mass is 199 g/mol. The van der Waals surface area contributed by atoms with Crippen LogP contribution in [0.1, 0.15) is 54.9 Å². The van der Waals surface area contributed by atoms with E-state index in [4.69, 9.17) is 0 Å². The SMILES string of the molecule is CCC(NCC(C)C(C)(C)C)C(C)C. The molecular weight excluding hydrogens is 170 g/mol. The molecule has 0 aliphatic carbocycles. The van der Waals surface area contributed by atoms with Crippen LogP contribution in [0, 0.1) is 17.3 Å². The van der Waals surface area contributed by atoms with Gasteiger partial charge in [0.15, 0.2) is 0 Å². The van der Waals surface area contributed by atoms with E-state index in [0.29, 0.717) is 11.5 Å². The second-order valence-electron chi connectivity index (χ2n) is 5.93. The minimum atomic E-state index is 0.419. The lowest BCUT2D eigenvalue weighted by molar-refractivity contribution is 0.235. The van der Waals surface area contributed by atoms with Crippen LogP contribution in [0.25, 0.3) is 0 Å². The molecule has 0 aromatic heterocycles. The van der Waals surface area contributed by atoms with Crippen molar-refractivity contribution in [3.8, 4) is 0 Å². The van der Waals surface area contributed by atoms with Crippen molar-refractivity contribution < 1.29 is 0 Å². The fourth-order valence-corrected chi connectivity index (χ4v) is 1.49. The van der Waals surface area contributed by atoms with E-state index in [9.17, 15) is 0 Å². The molecule has 86 valence electrons. The number of rotatable bonds is 5. The first kappa shape index (κ1) is 14.0. The van der Waals surface area contributed by atoms with E-state index >= 15 is 0 Å². The number of hydrogen-bond acceptors (Lipinski definition) is 1. The summed E-state index contributed by atoms with van der Waals surface area (Å²) in [4.78, 5) is 0. The molecule has 0 spiro atoms. The van der Waals surface area contributed by atoms with E-state index < -0.39 is 0 Å². The third-order valence-corrected chi connectivity index (χ3v) is 3.41. The van der Waals surface area contributed by atoms with Gasteiger partial charge in [-0.1, -0.05) is 48.5 Å². The molecule has 1 N–H and O–H groups in total. The van der Waals surface area contributed by atoms with Crippen LogP contribution in [0.4, 0.5) is 0 Å². The first-order valence-electron chi connectivity index (χ1n) is 6.02. The van der Waals surface area contributed by atoms with Gasteiger partial charge in [0, 0.05) is 6.04 Å². The van der Waals surface area contributed by atoms with Crippen LogP contribution in [-0.2, 0) is 0 Å². The van der Waals surface area contributed by atoms with Gasteiger partial charge in [0.1, 0.15) is 0 Å². The molecule has 0 bridgehead atoms. The van der Waals surface area contributed by atoms with Crippen molar-refractivity contribution in [2.24, 2.45) is 17.3 Å². The lowest BCUT2D eigenvalue weighted by Crippen LogP contribution is -2.39. The predicted octanol–water partition coefficient (Wildman–Crippen LogP) is 3.69. The van der Waals surface area contributed by atoms with Crippen LogP contribution in [0.2, 0.25) is 0 Å². The van der Waals surface area contributed by atoms with Crippen LogP contribution in [0.15, 0.2) is 0 Å². The summed E-state index contributed by atoms with van der Waals surface area (Å²) in [6.45, 7) is 17.3. The Balaban J connectivity index is 3.92. The Morgan fingerprint density at radius 1 is 1.07 bits per heavy atom. The van der Waals surface area contributed by atoms with E-state index in [1.807, 2.05) is 0 Å². The Labute approximate surface area is 90.7 Å². The van der Waals surface area contributed by atoms with Gasteiger partial charge in [-0.15, -0.1) is 0 Å². The van der Waals surface area contributed by atoms with Gasteiger partial charge in [0.2, 0.25) is 0 Å². The summed E-state index contributed by atoms with van der Waals surface area (Å²) in [5, 5.41) is 3.68. The molecule has 0 amide bonds. The predicted molar refractivity (Wildman–Crippen MR) is 65.5 cm³/mol. The van der Waals surface area contributed by atoms with Gasteiger partial charge in [-0.2, -0.15) is 0 Å². The molecule has 2 unspecified atom stereocenters. The normalized spacial score (nSPS) is 17.1. The van der Waals surface area contributed by atoms with Crippen molar-refractivity contribution in [3.05, 3.63) is 0 Å². The van der Waals surface area contributed by atoms with Gasteiger partial charge in [-0.25, -0.2) is 0 Å². The maximum Gasteiger partial charge on any atom is 0.00875 e. The second-order valence-corrected chi connectivity index (χ2v) is 5.93. The molecule has 1 nitrogen and oxygen atoms in total. The fourth-order valence-electron chi connectivity index (χ4n) is 1.49. The molecule has 2 atom stereocenters. The quantitative estimate of drug-likeness (QED) is 0.712. The Kier molecular flexibility index (Phi) is 5.73. The van der Waals surface area contributed by atoms with Gasteiger partial charge < -0.3 is 5.32 Å². The molecule has 0 fully saturated rings. The second kappa shape index (κ2) is 5.75. The summed E-state index contributed by atoms with van der Waals surface area (Å²) in [7, 11) is 0. The zero-order valence-electron chi connectivity index (χ0n) is 11.1. The number of nitrogens with one attached hydrogen (secondary N) is 1. The van der Waals surface area contributed by atoms with E-state index in [0.717, 1.165) is 18.4 Å². The highest BCUT2D eigenvalue weighted by Crippen LogP contribution is 2.24. The van der Waals surface area contributed by atoms with Crippen molar-refractivity contribution in [1.82, 2.24) is 5.32 Å². The minimum Gasteiger partial charge on any atom is -0.313 e. The molecule has 0 aliphatic heterocycles. The third-order valence-electron chi connectivity index (χ3n) is 3.41. The molecule has 1 heteroatoms. The van der Waals surface area contributed by atoms with E-state index in [1.54, 1.807) is 0 Å². The zero-order valence-corrected chi connectivity index (χ0v) is 11.1. The Morgan fingerprint density at radius 2 is 1.57 bits per heavy atom. The average molecular weight is 199 g/mol. The van der Waals surface area contributed by atoms with E-state index in [-0.39, 0.29) is 0 Å². The summed E-state index contributed by atoms with van der Waals surface area (Å²) < 4.78 is 0. The van der Waals surface area contributed by atoms with Gasteiger partial charge in [0.25, 0.3) is 0 Å². The smallest absolute Gasteiger partial charge is 0.00875 e. The molecule has 0 rings (SSSR count). The molecule has 0 saturated heterocycles. The molecule has 14 heavy (non-hydrogen) atoms. The first-order valence-corrected chi connectivity index (χ1v) is 6.02. The topological polar surface area (TPSA) is 12.0 Å². The van der Waals surface area contributed by atoms with Crippen molar-refractivity contribution in [3.63, 3.8) is 0 Å². The zero-order chi connectivity index (χ0) is 11.4. The maximum atomic E-state index is 3.68. The first-order chi connectivity index (χ1) is 6.29. The van der Waals surface area contributed by atoms with Crippen LogP contribution in [-0.4, -0.2) is 12.6 Å². The minimum absolute atomic E-state index is 0.419. The summed E-state index contributed by atoms with van der Waals surface area (Å²) in [5.74, 6) is 1.47.